The molecular formula is C19H22FN5O. The van der Waals surface area contributed by atoms with Crippen LogP contribution in [0.15, 0.2) is 42.7 Å². The number of benzene rings is 1. The van der Waals surface area contributed by atoms with Gasteiger partial charge >= 0.3 is 0 Å². The molecule has 136 valence electrons. The number of rotatable bonds is 7. The Kier molecular flexibility index (Phi) is 5.46. The second kappa shape index (κ2) is 7.95. The summed E-state index contributed by atoms with van der Waals surface area (Å²) in [6.07, 6.45) is 4.05. The summed E-state index contributed by atoms with van der Waals surface area (Å²) in [7, 11) is 0. The highest BCUT2D eigenvalue weighted by Gasteiger charge is 2.12. The number of hydrogen-bond donors (Lipinski definition) is 1. The SMILES string of the molecule is CCn1nccc1C(=O)NCCc1ncc(C)n1Cc1ccc(F)cc1. The summed E-state index contributed by atoms with van der Waals surface area (Å²) in [4.78, 5) is 16.7. The third-order valence-electron chi connectivity index (χ3n) is 4.27. The number of halogens is 1. The lowest BCUT2D eigenvalue weighted by atomic mass is 10.2. The van der Waals surface area contributed by atoms with Gasteiger partial charge < -0.3 is 9.88 Å². The molecule has 0 saturated carbocycles. The first-order valence-corrected chi connectivity index (χ1v) is 8.64. The lowest BCUT2D eigenvalue weighted by molar-refractivity contribution is 0.0943. The zero-order valence-corrected chi connectivity index (χ0v) is 14.9. The molecule has 0 spiro atoms. The van der Waals surface area contributed by atoms with Crippen molar-refractivity contribution >= 4 is 5.91 Å². The van der Waals surface area contributed by atoms with E-state index in [-0.39, 0.29) is 11.7 Å². The zero-order valence-electron chi connectivity index (χ0n) is 14.9. The van der Waals surface area contributed by atoms with E-state index in [0.29, 0.717) is 31.7 Å². The standard InChI is InChI=1S/C19H22FN5O/c1-3-25-17(8-11-23-25)19(26)21-10-9-18-22-12-14(2)24(18)13-15-4-6-16(20)7-5-15/h4-8,11-12H,3,9-10,13H2,1-2H3,(H,21,26). The molecule has 2 heterocycles. The van der Waals surface area contributed by atoms with Crippen molar-refractivity contribution in [2.24, 2.45) is 0 Å². The van der Waals surface area contributed by atoms with Gasteiger partial charge in [0.1, 0.15) is 17.3 Å². The molecule has 7 heteroatoms. The first kappa shape index (κ1) is 17.8. The van der Waals surface area contributed by atoms with Crippen molar-refractivity contribution in [1.29, 1.82) is 0 Å². The molecule has 26 heavy (non-hydrogen) atoms. The van der Waals surface area contributed by atoms with Gasteiger partial charge in [-0.25, -0.2) is 9.37 Å². The molecular weight excluding hydrogens is 333 g/mol. The van der Waals surface area contributed by atoms with Crippen LogP contribution in [-0.2, 0) is 19.5 Å². The molecule has 3 rings (SSSR count). The molecule has 0 bridgehead atoms. The van der Waals surface area contributed by atoms with Crippen molar-refractivity contribution in [3.63, 3.8) is 0 Å². The van der Waals surface area contributed by atoms with Gasteiger partial charge in [-0.3, -0.25) is 9.48 Å². The molecule has 6 nitrogen and oxygen atoms in total. The Labute approximate surface area is 151 Å². The molecule has 0 aliphatic carbocycles. The van der Waals surface area contributed by atoms with E-state index in [1.807, 2.05) is 20.0 Å². The average Bonchev–Trinajstić information content (AvgIpc) is 3.25. The summed E-state index contributed by atoms with van der Waals surface area (Å²) >= 11 is 0. The van der Waals surface area contributed by atoms with Crippen molar-refractivity contribution in [2.45, 2.75) is 33.4 Å². The average molecular weight is 355 g/mol. The van der Waals surface area contributed by atoms with Crippen molar-refractivity contribution in [3.8, 4) is 0 Å². The number of nitrogens with zero attached hydrogens (tertiary/aromatic N) is 4. The van der Waals surface area contributed by atoms with Gasteiger partial charge in [0.25, 0.3) is 5.91 Å². The first-order chi connectivity index (χ1) is 12.6. The minimum atomic E-state index is -0.245. The Morgan fingerprint density at radius 1 is 1.23 bits per heavy atom. The van der Waals surface area contributed by atoms with Gasteiger partial charge in [0.2, 0.25) is 0 Å². The van der Waals surface area contributed by atoms with Crippen LogP contribution in [0, 0.1) is 12.7 Å². The third-order valence-corrected chi connectivity index (χ3v) is 4.27. The van der Waals surface area contributed by atoms with Crippen molar-refractivity contribution in [2.75, 3.05) is 6.54 Å². The first-order valence-electron chi connectivity index (χ1n) is 8.64. The van der Waals surface area contributed by atoms with Gasteiger partial charge in [0.05, 0.1) is 0 Å². The summed E-state index contributed by atoms with van der Waals surface area (Å²) in [5.41, 5.74) is 2.59. The number of hydrogen-bond acceptors (Lipinski definition) is 3. The highest BCUT2D eigenvalue weighted by atomic mass is 19.1. The molecule has 0 fully saturated rings. The van der Waals surface area contributed by atoms with Crippen molar-refractivity contribution in [1.82, 2.24) is 24.6 Å². The van der Waals surface area contributed by atoms with E-state index in [1.165, 1.54) is 12.1 Å². The Morgan fingerprint density at radius 2 is 2.00 bits per heavy atom. The maximum absolute atomic E-state index is 13.1. The normalized spacial score (nSPS) is 10.9. The van der Waals surface area contributed by atoms with E-state index in [2.05, 4.69) is 20.0 Å². The van der Waals surface area contributed by atoms with Gasteiger partial charge in [-0.05, 0) is 37.6 Å². The van der Waals surface area contributed by atoms with E-state index in [0.717, 1.165) is 17.1 Å². The molecule has 0 unspecified atom stereocenters. The highest BCUT2D eigenvalue weighted by molar-refractivity contribution is 5.92. The number of imidazole rings is 1. The van der Waals surface area contributed by atoms with Gasteiger partial charge in [0, 0.05) is 44.1 Å². The Hall–Kier alpha value is -2.96. The summed E-state index contributed by atoms with van der Waals surface area (Å²) < 4.78 is 16.8. The number of aryl methyl sites for hydroxylation is 2. The van der Waals surface area contributed by atoms with Gasteiger partial charge in [0.15, 0.2) is 0 Å². The molecule has 0 atom stereocenters. The molecule has 1 aromatic carbocycles. The smallest absolute Gasteiger partial charge is 0.269 e. The molecule has 0 saturated heterocycles. The quantitative estimate of drug-likeness (QED) is 0.708. The number of aromatic nitrogens is 4. The number of carbonyl (C=O) groups is 1. The Bertz CT molecular complexity index is 882. The fourth-order valence-corrected chi connectivity index (χ4v) is 2.85. The van der Waals surface area contributed by atoms with Crippen LogP contribution >= 0.6 is 0 Å². The Balaban J connectivity index is 1.62. The second-order valence-electron chi connectivity index (χ2n) is 6.07. The topological polar surface area (TPSA) is 64.7 Å². The van der Waals surface area contributed by atoms with E-state index in [4.69, 9.17) is 0 Å². The van der Waals surface area contributed by atoms with E-state index in [9.17, 15) is 9.18 Å². The van der Waals surface area contributed by atoms with Crippen LogP contribution in [-0.4, -0.2) is 31.8 Å². The van der Waals surface area contributed by atoms with E-state index >= 15 is 0 Å². The summed E-state index contributed by atoms with van der Waals surface area (Å²) in [6, 6.07) is 8.16. The summed E-state index contributed by atoms with van der Waals surface area (Å²) in [6.45, 7) is 5.68. The molecule has 1 amide bonds. The summed E-state index contributed by atoms with van der Waals surface area (Å²) in [5.74, 6) is 0.499. The van der Waals surface area contributed by atoms with Crippen LogP contribution in [0.5, 0.6) is 0 Å². The predicted octanol–water partition coefficient (Wildman–Crippen LogP) is 2.57. The predicted molar refractivity (Wildman–Crippen MR) is 96.4 cm³/mol. The monoisotopic (exact) mass is 355 g/mol. The fraction of sp³-hybridized carbons (Fsp3) is 0.316. The third kappa shape index (κ3) is 3.99. The van der Waals surface area contributed by atoms with Crippen LogP contribution in [0.25, 0.3) is 0 Å². The molecule has 1 N–H and O–H groups in total. The van der Waals surface area contributed by atoms with Crippen LogP contribution in [0.4, 0.5) is 4.39 Å². The van der Waals surface area contributed by atoms with Crippen LogP contribution in [0.1, 0.15) is 34.5 Å². The zero-order chi connectivity index (χ0) is 18.5. The van der Waals surface area contributed by atoms with Gasteiger partial charge in [-0.15, -0.1) is 0 Å². The van der Waals surface area contributed by atoms with Crippen LogP contribution < -0.4 is 5.32 Å². The van der Waals surface area contributed by atoms with Crippen molar-refractivity contribution in [3.05, 3.63) is 71.3 Å². The molecule has 3 aromatic rings. The largest absolute Gasteiger partial charge is 0.350 e. The van der Waals surface area contributed by atoms with Gasteiger partial charge in [-0.2, -0.15) is 5.10 Å². The van der Waals surface area contributed by atoms with Crippen molar-refractivity contribution < 1.29 is 9.18 Å². The minimum absolute atomic E-state index is 0.141. The molecule has 2 aromatic heterocycles. The molecule has 0 aliphatic rings. The number of nitrogens with one attached hydrogen (secondary N) is 1. The lowest BCUT2D eigenvalue weighted by Crippen LogP contribution is -2.28. The number of carbonyl (C=O) groups excluding carboxylic acids is 1. The molecule has 0 aliphatic heterocycles. The lowest BCUT2D eigenvalue weighted by Gasteiger charge is -2.11. The maximum Gasteiger partial charge on any atom is 0.269 e. The molecule has 0 radical (unpaired) electrons. The van der Waals surface area contributed by atoms with Crippen LogP contribution in [0.2, 0.25) is 0 Å². The van der Waals surface area contributed by atoms with E-state index < -0.39 is 0 Å². The second-order valence-corrected chi connectivity index (χ2v) is 6.07. The number of amides is 1. The highest BCUT2D eigenvalue weighted by Crippen LogP contribution is 2.11. The van der Waals surface area contributed by atoms with E-state index in [1.54, 1.807) is 29.1 Å². The minimum Gasteiger partial charge on any atom is -0.350 e. The van der Waals surface area contributed by atoms with Crippen LogP contribution in [0.3, 0.4) is 0 Å². The Morgan fingerprint density at radius 3 is 2.73 bits per heavy atom. The summed E-state index contributed by atoms with van der Waals surface area (Å²) in [5, 5.41) is 7.02. The fourth-order valence-electron chi connectivity index (χ4n) is 2.85. The maximum atomic E-state index is 13.1. The van der Waals surface area contributed by atoms with Gasteiger partial charge in [-0.1, -0.05) is 12.1 Å².